The molecule has 0 bridgehead atoms. The molecule has 0 atom stereocenters. The molecule has 19 heavy (non-hydrogen) atoms. The van der Waals surface area contributed by atoms with Crippen LogP contribution in [0.25, 0.3) is 0 Å². The van der Waals surface area contributed by atoms with Crippen molar-refractivity contribution >= 4 is 23.5 Å². The van der Waals surface area contributed by atoms with Gasteiger partial charge in [-0.05, 0) is 37.5 Å². The fourth-order valence-electron chi connectivity index (χ4n) is 2.25. The van der Waals surface area contributed by atoms with Crippen LogP contribution in [0.15, 0.2) is 18.2 Å². The summed E-state index contributed by atoms with van der Waals surface area (Å²) in [6, 6.07) is 5.09. The van der Waals surface area contributed by atoms with Crippen LogP contribution in [-0.4, -0.2) is 23.5 Å². The first-order valence-corrected chi connectivity index (χ1v) is 6.60. The van der Waals surface area contributed by atoms with Gasteiger partial charge in [0.2, 0.25) is 0 Å². The molecule has 0 spiro atoms. The van der Waals surface area contributed by atoms with Crippen molar-refractivity contribution in [1.82, 2.24) is 5.32 Å². The Morgan fingerprint density at radius 1 is 1.42 bits per heavy atom. The number of rotatable bonds is 4. The molecule has 1 aliphatic carbocycles. The summed E-state index contributed by atoms with van der Waals surface area (Å²) in [6.07, 6.45) is 2.15. The minimum atomic E-state index is -0.832. The summed E-state index contributed by atoms with van der Waals surface area (Å²) < 4.78 is 0. The molecule has 1 aliphatic rings. The number of carbonyl (C=O) groups is 2. The van der Waals surface area contributed by atoms with Crippen molar-refractivity contribution in [1.29, 1.82) is 0 Å². The summed E-state index contributed by atoms with van der Waals surface area (Å²) in [6.45, 7) is 1.99. The van der Waals surface area contributed by atoms with Gasteiger partial charge in [0.05, 0.1) is 5.41 Å². The third-order valence-electron chi connectivity index (χ3n) is 3.80. The van der Waals surface area contributed by atoms with Crippen LogP contribution in [0.3, 0.4) is 0 Å². The fourth-order valence-corrected chi connectivity index (χ4v) is 2.43. The van der Waals surface area contributed by atoms with Gasteiger partial charge in [-0.1, -0.05) is 24.1 Å². The molecular formula is C14H16ClNO3. The molecule has 5 heteroatoms. The van der Waals surface area contributed by atoms with Gasteiger partial charge in [0.15, 0.2) is 0 Å². The Bertz CT molecular complexity index is 523. The van der Waals surface area contributed by atoms with Gasteiger partial charge < -0.3 is 10.4 Å². The molecular weight excluding hydrogens is 266 g/mol. The van der Waals surface area contributed by atoms with E-state index in [1.165, 1.54) is 0 Å². The molecule has 0 aromatic heterocycles. The molecule has 1 aromatic carbocycles. The van der Waals surface area contributed by atoms with Crippen LogP contribution in [0.5, 0.6) is 0 Å². The van der Waals surface area contributed by atoms with Gasteiger partial charge >= 0.3 is 5.97 Å². The second kappa shape index (κ2) is 5.21. The average molecular weight is 282 g/mol. The SMILES string of the molecule is Cc1ccc(Cl)cc1C(=O)NCC1(C(=O)O)CCC1. The number of nitrogens with one attached hydrogen (secondary N) is 1. The number of aryl methyl sites for hydroxylation is 1. The van der Waals surface area contributed by atoms with E-state index in [1.54, 1.807) is 18.2 Å². The van der Waals surface area contributed by atoms with Crippen LogP contribution in [0.1, 0.15) is 35.2 Å². The molecule has 0 aliphatic heterocycles. The van der Waals surface area contributed by atoms with Gasteiger partial charge in [0.1, 0.15) is 0 Å². The van der Waals surface area contributed by atoms with E-state index in [4.69, 9.17) is 11.6 Å². The summed E-state index contributed by atoms with van der Waals surface area (Å²) in [5, 5.41) is 12.4. The maximum Gasteiger partial charge on any atom is 0.311 e. The van der Waals surface area contributed by atoms with Crippen LogP contribution >= 0.6 is 11.6 Å². The predicted molar refractivity (Wildman–Crippen MR) is 72.4 cm³/mol. The predicted octanol–water partition coefficient (Wildman–Crippen LogP) is 2.63. The van der Waals surface area contributed by atoms with E-state index < -0.39 is 11.4 Å². The Hall–Kier alpha value is -1.55. The maximum atomic E-state index is 12.1. The Morgan fingerprint density at radius 2 is 2.11 bits per heavy atom. The van der Waals surface area contributed by atoms with Gasteiger partial charge in [0.25, 0.3) is 5.91 Å². The number of halogens is 1. The van der Waals surface area contributed by atoms with Crippen molar-refractivity contribution in [3.05, 3.63) is 34.3 Å². The first kappa shape index (κ1) is 13.9. The zero-order valence-electron chi connectivity index (χ0n) is 10.7. The lowest BCUT2D eigenvalue weighted by molar-refractivity contribution is -0.153. The molecule has 2 rings (SSSR count). The Labute approximate surface area is 116 Å². The third-order valence-corrected chi connectivity index (χ3v) is 4.03. The number of benzene rings is 1. The molecule has 0 radical (unpaired) electrons. The van der Waals surface area contributed by atoms with E-state index >= 15 is 0 Å². The highest BCUT2D eigenvalue weighted by Crippen LogP contribution is 2.40. The fraction of sp³-hybridized carbons (Fsp3) is 0.429. The third kappa shape index (κ3) is 2.73. The quantitative estimate of drug-likeness (QED) is 0.891. The number of carboxylic acids is 1. The number of hydrogen-bond donors (Lipinski definition) is 2. The second-order valence-corrected chi connectivity index (χ2v) is 5.52. The van der Waals surface area contributed by atoms with E-state index in [1.807, 2.05) is 6.92 Å². The lowest BCUT2D eigenvalue weighted by atomic mass is 9.69. The molecule has 0 unspecified atom stereocenters. The standard InChI is InChI=1S/C14H16ClNO3/c1-9-3-4-10(15)7-11(9)12(17)16-8-14(13(18)19)5-2-6-14/h3-4,7H,2,5-6,8H2,1H3,(H,16,17)(H,18,19). The number of hydrogen-bond acceptors (Lipinski definition) is 2. The minimum absolute atomic E-state index is 0.174. The van der Waals surface area contributed by atoms with E-state index in [0.717, 1.165) is 12.0 Å². The molecule has 102 valence electrons. The zero-order valence-corrected chi connectivity index (χ0v) is 11.5. The summed E-state index contributed by atoms with van der Waals surface area (Å²) in [7, 11) is 0. The van der Waals surface area contributed by atoms with Gasteiger partial charge in [0, 0.05) is 17.1 Å². The molecule has 4 nitrogen and oxygen atoms in total. The normalized spacial score (nSPS) is 16.5. The average Bonchev–Trinajstić information content (AvgIpc) is 2.30. The molecule has 2 N–H and O–H groups in total. The summed E-state index contributed by atoms with van der Waals surface area (Å²) in [5.41, 5.74) is 0.537. The van der Waals surface area contributed by atoms with Crippen LogP contribution in [0.4, 0.5) is 0 Å². The van der Waals surface area contributed by atoms with Crippen LogP contribution in [0, 0.1) is 12.3 Å². The van der Waals surface area contributed by atoms with Gasteiger partial charge in [-0.25, -0.2) is 0 Å². The van der Waals surface area contributed by atoms with Crippen molar-refractivity contribution < 1.29 is 14.7 Å². The van der Waals surface area contributed by atoms with E-state index in [0.29, 0.717) is 23.4 Å². The van der Waals surface area contributed by atoms with Gasteiger partial charge in [-0.3, -0.25) is 9.59 Å². The molecule has 1 saturated carbocycles. The van der Waals surface area contributed by atoms with Crippen LogP contribution in [0.2, 0.25) is 5.02 Å². The van der Waals surface area contributed by atoms with Crippen molar-refractivity contribution in [3.63, 3.8) is 0 Å². The number of amides is 1. The molecule has 0 saturated heterocycles. The monoisotopic (exact) mass is 281 g/mol. The topological polar surface area (TPSA) is 66.4 Å². The highest BCUT2D eigenvalue weighted by atomic mass is 35.5. The first-order valence-electron chi connectivity index (χ1n) is 6.22. The van der Waals surface area contributed by atoms with Crippen molar-refractivity contribution in [3.8, 4) is 0 Å². The summed E-state index contributed by atoms with van der Waals surface area (Å²) in [4.78, 5) is 23.3. The smallest absolute Gasteiger partial charge is 0.311 e. The van der Waals surface area contributed by atoms with Crippen molar-refractivity contribution in [2.24, 2.45) is 5.41 Å². The van der Waals surface area contributed by atoms with Gasteiger partial charge in [-0.15, -0.1) is 0 Å². The highest BCUT2D eigenvalue weighted by molar-refractivity contribution is 6.31. The zero-order chi connectivity index (χ0) is 14.0. The highest BCUT2D eigenvalue weighted by Gasteiger charge is 2.44. The number of carbonyl (C=O) groups excluding carboxylic acids is 1. The van der Waals surface area contributed by atoms with Crippen molar-refractivity contribution in [2.75, 3.05) is 6.54 Å². The van der Waals surface area contributed by atoms with Crippen LogP contribution in [-0.2, 0) is 4.79 Å². The van der Waals surface area contributed by atoms with E-state index in [2.05, 4.69) is 5.32 Å². The van der Waals surface area contributed by atoms with E-state index in [9.17, 15) is 14.7 Å². The first-order chi connectivity index (χ1) is 8.94. The second-order valence-electron chi connectivity index (χ2n) is 5.08. The molecule has 0 heterocycles. The Balaban J connectivity index is 2.05. The number of carboxylic acid groups (broad SMARTS) is 1. The summed E-state index contributed by atoms with van der Waals surface area (Å²) >= 11 is 5.87. The molecule has 1 fully saturated rings. The maximum absolute atomic E-state index is 12.1. The Morgan fingerprint density at radius 3 is 2.63 bits per heavy atom. The van der Waals surface area contributed by atoms with Gasteiger partial charge in [-0.2, -0.15) is 0 Å². The summed E-state index contributed by atoms with van der Waals surface area (Å²) in [5.74, 6) is -1.10. The largest absolute Gasteiger partial charge is 0.481 e. The lowest BCUT2D eigenvalue weighted by Gasteiger charge is -2.37. The lowest BCUT2D eigenvalue weighted by Crippen LogP contribution is -2.47. The molecule has 1 amide bonds. The van der Waals surface area contributed by atoms with E-state index in [-0.39, 0.29) is 12.5 Å². The minimum Gasteiger partial charge on any atom is -0.481 e. The molecule has 1 aromatic rings. The van der Waals surface area contributed by atoms with Crippen molar-refractivity contribution in [2.45, 2.75) is 26.2 Å². The Kier molecular flexibility index (Phi) is 3.80. The number of aliphatic carboxylic acids is 1. The van der Waals surface area contributed by atoms with Crippen LogP contribution < -0.4 is 5.32 Å².